The number of amides is 2. The van der Waals surface area contributed by atoms with Crippen LogP contribution in [0.25, 0.3) is 0 Å². The summed E-state index contributed by atoms with van der Waals surface area (Å²) < 4.78 is 0. The van der Waals surface area contributed by atoms with E-state index in [1.807, 2.05) is 18.2 Å². The van der Waals surface area contributed by atoms with E-state index in [1.54, 1.807) is 13.0 Å². The zero-order valence-corrected chi connectivity index (χ0v) is 12.1. The van der Waals surface area contributed by atoms with Gasteiger partial charge in [-0.15, -0.1) is 0 Å². The van der Waals surface area contributed by atoms with Gasteiger partial charge in [0.05, 0.1) is 6.10 Å². The fourth-order valence-corrected chi connectivity index (χ4v) is 2.68. The number of carbonyl (C=O) groups is 1. The van der Waals surface area contributed by atoms with Gasteiger partial charge in [0.2, 0.25) is 0 Å². The zero-order valence-electron chi connectivity index (χ0n) is 12.1. The van der Waals surface area contributed by atoms with Crippen molar-refractivity contribution in [3.63, 3.8) is 0 Å². The number of anilines is 1. The third-order valence-electron chi connectivity index (χ3n) is 3.90. The Kier molecular flexibility index (Phi) is 5.41. The van der Waals surface area contributed by atoms with Crippen LogP contribution in [0.5, 0.6) is 0 Å². The Hall–Kier alpha value is -1.55. The maximum atomic E-state index is 11.9. The average molecular weight is 276 g/mol. The largest absolute Gasteiger partial charge is 0.389 e. The highest BCUT2D eigenvalue weighted by Crippen LogP contribution is 2.22. The molecule has 2 amide bonds. The average Bonchev–Trinajstić information content (AvgIpc) is 2.46. The monoisotopic (exact) mass is 276 g/mol. The van der Waals surface area contributed by atoms with E-state index in [0.29, 0.717) is 11.6 Å². The summed E-state index contributed by atoms with van der Waals surface area (Å²) in [4.78, 5) is 11.9. The Bertz CT molecular complexity index is 440. The molecule has 0 radical (unpaired) electrons. The molecular formula is C16H24N2O2. The molecule has 1 atom stereocenters. The second-order valence-electron chi connectivity index (χ2n) is 5.64. The van der Waals surface area contributed by atoms with Crippen molar-refractivity contribution in [1.29, 1.82) is 0 Å². The van der Waals surface area contributed by atoms with Crippen LogP contribution >= 0.6 is 0 Å². The fourth-order valence-electron chi connectivity index (χ4n) is 2.68. The Balaban J connectivity index is 1.80. The van der Waals surface area contributed by atoms with Gasteiger partial charge in [0.1, 0.15) is 0 Å². The summed E-state index contributed by atoms with van der Waals surface area (Å²) in [5.74, 6) is 0.623. The lowest BCUT2D eigenvalue weighted by molar-refractivity contribution is 0.199. The molecule has 0 aliphatic heterocycles. The molecule has 0 saturated heterocycles. The van der Waals surface area contributed by atoms with Crippen LogP contribution in [-0.4, -0.2) is 17.7 Å². The van der Waals surface area contributed by atoms with Crippen LogP contribution in [0.2, 0.25) is 0 Å². The number of urea groups is 1. The number of aliphatic hydroxyl groups is 1. The van der Waals surface area contributed by atoms with Gasteiger partial charge in [0.25, 0.3) is 0 Å². The van der Waals surface area contributed by atoms with Gasteiger partial charge in [-0.1, -0.05) is 31.4 Å². The van der Waals surface area contributed by atoms with Gasteiger partial charge in [0.15, 0.2) is 0 Å². The van der Waals surface area contributed by atoms with Crippen LogP contribution in [-0.2, 0) is 0 Å². The summed E-state index contributed by atoms with van der Waals surface area (Å²) in [6.45, 7) is 2.46. The fraction of sp³-hybridized carbons (Fsp3) is 0.562. The summed E-state index contributed by atoms with van der Waals surface area (Å²) in [6, 6.07) is 7.13. The molecule has 1 fully saturated rings. The maximum absolute atomic E-state index is 11.9. The number of hydrogen-bond donors (Lipinski definition) is 3. The van der Waals surface area contributed by atoms with Gasteiger partial charge < -0.3 is 15.7 Å². The molecule has 0 aromatic heterocycles. The second-order valence-corrected chi connectivity index (χ2v) is 5.64. The lowest BCUT2D eigenvalue weighted by Gasteiger charge is -2.21. The summed E-state index contributed by atoms with van der Waals surface area (Å²) in [5.41, 5.74) is 1.51. The van der Waals surface area contributed by atoms with Crippen molar-refractivity contribution in [2.24, 2.45) is 5.92 Å². The van der Waals surface area contributed by atoms with E-state index >= 15 is 0 Å². The highest BCUT2D eigenvalue weighted by molar-refractivity contribution is 5.89. The molecule has 0 spiro atoms. The molecule has 110 valence electrons. The number of nitrogens with one attached hydrogen (secondary N) is 2. The molecule has 1 saturated carbocycles. The van der Waals surface area contributed by atoms with Crippen LogP contribution < -0.4 is 10.6 Å². The predicted molar refractivity (Wildman–Crippen MR) is 80.7 cm³/mol. The third-order valence-corrected chi connectivity index (χ3v) is 3.90. The van der Waals surface area contributed by atoms with E-state index in [9.17, 15) is 9.90 Å². The highest BCUT2D eigenvalue weighted by Gasteiger charge is 2.14. The van der Waals surface area contributed by atoms with Gasteiger partial charge in [-0.05, 0) is 43.4 Å². The molecule has 4 nitrogen and oxygen atoms in total. The molecular weight excluding hydrogens is 252 g/mol. The molecule has 1 unspecified atom stereocenters. The van der Waals surface area contributed by atoms with Crippen LogP contribution in [0.4, 0.5) is 10.5 Å². The Morgan fingerprint density at radius 2 is 2.10 bits per heavy atom. The van der Waals surface area contributed by atoms with Gasteiger partial charge in [-0.25, -0.2) is 4.79 Å². The molecule has 3 N–H and O–H groups in total. The minimum Gasteiger partial charge on any atom is -0.389 e. The van der Waals surface area contributed by atoms with Gasteiger partial charge in [-0.3, -0.25) is 0 Å². The SMILES string of the molecule is CC(O)c1cccc(NC(=O)NCC2CCCCC2)c1. The maximum Gasteiger partial charge on any atom is 0.319 e. The molecule has 2 rings (SSSR count). The topological polar surface area (TPSA) is 61.4 Å². The predicted octanol–water partition coefficient (Wildman–Crippen LogP) is 3.44. The molecule has 1 aromatic carbocycles. The summed E-state index contributed by atoms with van der Waals surface area (Å²) in [5, 5.41) is 15.3. The summed E-state index contributed by atoms with van der Waals surface area (Å²) in [6.07, 6.45) is 5.81. The quantitative estimate of drug-likeness (QED) is 0.789. The number of hydrogen-bond acceptors (Lipinski definition) is 2. The number of carbonyl (C=O) groups excluding carboxylic acids is 1. The van der Waals surface area contributed by atoms with E-state index in [1.165, 1.54) is 32.1 Å². The second kappa shape index (κ2) is 7.29. The van der Waals surface area contributed by atoms with Crippen molar-refractivity contribution in [3.05, 3.63) is 29.8 Å². The molecule has 1 aromatic rings. The first-order valence-corrected chi connectivity index (χ1v) is 7.48. The van der Waals surface area contributed by atoms with Crippen molar-refractivity contribution in [2.75, 3.05) is 11.9 Å². The van der Waals surface area contributed by atoms with Crippen LogP contribution in [0.15, 0.2) is 24.3 Å². The van der Waals surface area contributed by atoms with E-state index in [-0.39, 0.29) is 6.03 Å². The molecule has 0 bridgehead atoms. The Morgan fingerprint density at radius 3 is 2.80 bits per heavy atom. The van der Waals surface area contributed by atoms with Crippen LogP contribution in [0.1, 0.15) is 50.7 Å². The number of benzene rings is 1. The van der Waals surface area contributed by atoms with Crippen molar-refractivity contribution < 1.29 is 9.90 Å². The Labute approximate surface area is 120 Å². The first-order valence-electron chi connectivity index (χ1n) is 7.48. The van der Waals surface area contributed by atoms with Crippen molar-refractivity contribution in [1.82, 2.24) is 5.32 Å². The Morgan fingerprint density at radius 1 is 1.35 bits per heavy atom. The minimum atomic E-state index is -0.526. The molecule has 4 heteroatoms. The highest BCUT2D eigenvalue weighted by atomic mass is 16.3. The van der Waals surface area contributed by atoms with Crippen LogP contribution in [0.3, 0.4) is 0 Å². The summed E-state index contributed by atoms with van der Waals surface area (Å²) >= 11 is 0. The first-order chi connectivity index (χ1) is 9.65. The molecule has 20 heavy (non-hydrogen) atoms. The molecule has 0 heterocycles. The number of aliphatic hydroxyl groups excluding tert-OH is 1. The standard InChI is InChI=1S/C16H24N2O2/c1-12(19)14-8-5-9-15(10-14)18-16(20)17-11-13-6-3-2-4-7-13/h5,8-10,12-13,19H,2-4,6-7,11H2,1H3,(H2,17,18,20). The minimum absolute atomic E-state index is 0.168. The summed E-state index contributed by atoms with van der Waals surface area (Å²) in [7, 11) is 0. The van der Waals surface area contributed by atoms with E-state index in [4.69, 9.17) is 0 Å². The van der Waals surface area contributed by atoms with Crippen LogP contribution in [0, 0.1) is 5.92 Å². The van der Waals surface area contributed by atoms with Crippen molar-refractivity contribution >= 4 is 11.7 Å². The first kappa shape index (κ1) is 14.9. The van der Waals surface area contributed by atoms with Gasteiger partial charge in [0, 0.05) is 12.2 Å². The smallest absolute Gasteiger partial charge is 0.319 e. The van der Waals surface area contributed by atoms with Crippen molar-refractivity contribution in [2.45, 2.75) is 45.1 Å². The zero-order chi connectivity index (χ0) is 14.4. The van der Waals surface area contributed by atoms with E-state index < -0.39 is 6.10 Å². The van der Waals surface area contributed by atoms with Gasteiger partial charge in [-0.2, -0.15) is 0 Å². The lowest BCUT2D eigenvalue weighted by Crippen LogP contribution is -2.33. The van der Waals surface area contributed by atoms with Crippen molar-refractivity contribution in [3.8, 4) is 0 Å². The third kappa shape index (κ3) is 4.53. The van der Waals surface area contributed by atoms with E-state index in [0.717, 1.165) is 12.1 Å². The van der Waals surface area contributed by atoms with Gasteiger partial charge >= 0.3 is 6.03 Å². The lowest BCUT2D eigenvalue weighted by atomic mass is 9.89. The van der Waals surface area contributed by atoms with E-state index in [2.05, 4.69) is 10.6 Å². The molecule has 1 aliphatic carbocycles. The molecule has 1 aliphatic rings. The number of rotatable bonds is 4. The normalized spacial score (nSPS) is 17.5.